The molecule has 162 valence electrons. The van der Waals surface area contributed by atoms with Gasteiger partial charge in [0.1, 0.15) is 12.4 Å². The van der Waals surface area contributed by atoms with E-state index >= 15 is 0 Å². The largest absolute Gasteiger partial charge is 0.379 e. The van der Waals surface area contributed by atoms with Gasteiger partial charge in [0.2, 0.25) is 5.91 Å². The second kappa shape index (κ2) is 8.99. The fourth-order valence-corrected chi connectivity index (χ4v) is 4.16. The van der Waals surface area contributed by atoms with Crippen LogP contribution in [0.1, 0.15) is 22.5 Å². The first kappa shape index (κ1) is 21.2. The van der Waals surface area contributed by atoms with Crippen LogP contribution in [0.2, 0.25) is 0 Å². The van der Waals surface area contributed by atoms with Crippen molar-refractivity contribution in [3.8, 4) is 0 Å². The number of fused-ring (bicyclic) bond motifs is 1. The van der Waals surface area contributed by atoms with E-state index in [1.54, 1.807) is 6.07 Å². The number of nitrogens with one attached hydrogen (secondary N) is 1. The number of amides is 1. The van der Waals surface area contributed by atoms with Crippen LogP contribution in [-0.2, 0) is 22.6 Å². The topological polar surface area (TPSA) is 76.5 Å². The maximum atomic E-state index is 13.3. The lowest BCUT2D eigenvalue weighted by Crippen LogP contribution is -2.39. The van der Waals surface area contributed by atoms with Gasteiger partial charge in [-0.25, -0.2) is 4.98 Å². The van der Waals surface area contributed by atoms with Crippen molar-refractivity contribution < 1.29 is 9.53 Å². The number of carbonyl (C=O) groups is 1. The van der Waals surface area contributed by atoms with Crippen molar-refractivity contribution in [3.05, 3.63) is 69.3 Å². The van der Waals surface area contributed by atoms with Crippen LogP contribution in [0.25, 0.3) is 10.9 Å². The number of carbonyl (C=O) groups excluding carboxylic acids is 1. The van der Waals surface area contributed by atoms with Crippen LogP contribution in [0.5, 0.6) is 0 Å². The minimum atomic E-state index is -0.238. The molecule has 0 bridgehead atoms. The van der Waals surface area contributed by atoms with Crippen molar-refractivity contribution >= 4 is 22.5 Å². The van der Waals surface area contributed by atoms with Crippen molar-refractivity contribution in [2.75, 3.05) is 31.6 Å². The smallest absolute Gasteiger partial charge is 0.261 e. The number of hydrogen-bond acceptors (Lipinski definition) is 5. The molecule has 4 rings (SSSR count). The Kier molecular flexibility index (Phi) is 6.15. The van der Waals surface area contributed by atoms with Gasteiger partial charge in [0, 0.05) is 18.8 Å². The van der Waals surface area contributed by atoms with E-state index in [1.165, 1.54) is 4.57 Å². The summed E-state index contributed by atoms with van der Waals surface area (Å²) in [7, 11) is 0. The molecule has 2 heterocycles. The summed E-state index contributed by atoms with van der Waals surface area (Å²) in [6.45, 7) is 9.26. The number of anilines is 1. The highest BCUT2D eigenvalue weighted by Gasteiger charge is 2.19. The Labute approximate surface area is 181 Å². The van der Waals surface area contributed by atoms with E-state index in [0.717, 1.165) is 35.5 Å². The molecule has 0 atom stereocenters. The molecule has 2 aromatic carbocycles. The maximum absolute atomic E-state index is 13.3. The summed E-state index contributed by atoms with van der Waals surface area (Å²) < 4.78 is 6.93. The number of para-hydroxylation sites is 1. The highest BCUT2D eigenvalue weighted by Crippen LogP contribution is 2.22. The number of rotatable bonds is 5. The monoisotopic (exact) mass is 420 g/mol. The zero-order valence-electron chi connectivity index (χ0n) is 18.3. The fraction of sp³-hybridized carbons (Fsp3) is 0.375. The Bertz CT molecular complexity index is 1160. The Morgan fingerprint density at radius 1 is 1.10 bits per heavy atom. The summed E-state index contributed by atoms with van der Waals surface area (Å²) in [4.78, 5) is 33.2. The average Bonchev–Trinajstić information content (AvgIpc) is 2.74. The Hall–Kier alpha value is -3.03. The van der Waals surface area contributed by atoms with Crippen molar-refractivity contribution in [2.45, 2.75) is 33.9 Å². The molecule has 1 aromatic heterocycles. The normalized spacial score (nSPS) is 14.7. The summed E-state index contributed by atoms with van der Waals surface area (Å²) >= 11 is 0. The lowest BCUT2D eigenvalue weighted by molar-refractivity contribution is -0.116. The van der Waals surface area contributed by atoms with Gasteiger partial charge < -0.3 is 10.1 Å². The van der Waals surface area contributed by atoms with Crippen molar-refractivity contribution in [1.29, 1.82) is 0 Å². The second-order valence-corrected chi connectivity index (χ2v) is 8.15. The molecule has 7 heteroatoms. The summed E-state index contributed by atoms with van der Waals surface area (Å²) in [6.07, 6.45) is 0. The molecule has 3 aromatic rings. The van der Waals surface area contributed by atoms with Gasteiger partial charge >= 0.3 is 0 Å². The molecule has 0 spiro atoms. The Balaban J connectivity index is 1.66. The van der Waals surface area contributed by atoms with Gasteiger partial charge in [-0.15, -0.1) is 0 Å². The molecule has 1 N–H and O–H groups in total. The minimum Gasteiger partial charge on any atom is -0.379 e. The lowest BCUT2D eigenvalue weighted by Gasteiger charge is -2.27. The molecular formula is C24H28N4O3. The number of aromatic nitrogens is 2. The zero-order valence-corrected chi connectivity index (χ0v) is 18.3. The molecule has 0 unspecified atom stereocenters. The number of hydrogen-bond donors (Lipinski definition) is 1. The molecule has 1 aliphatic heterocycles. The minimum absolute atomic E-state index is 0.0803. The SMILES string of the molecule is Cc1cc(C)c(NC(=O)Cn2c(CN3CCOCC3)nc3ccccc3c2=O)c(C)c1. The summed E-state index contributed by atoms with van der Waals surface area (Å²) in [5.41, 5.74) is 4.41. The molecular weight excluding hydrogens is 392 g/mol. The molecule has 0 radical (unpaired) electrons. The van der Waals surface area contributed by atoms with Crippen LogP contribution in [0.4, 0.5) is 5.69 Å². The second-order valence-electron chi connectivity index (χ2n) is 8.15. The van der Waals surface area contributed by atoms with Crippen molar-refractivity contribution in [1.82, 2.24) is 14.5 Å². The van der Waals surface area contributed by atoms with Crippen LogP contribution in [0.3, 0.4) is 0 Å². The van der Waals surface area contributed by atoms with Crippen LogP contribution in [0, 0.1) is 20.8 Å². The van der Waals surface area contributed by atoms with E-state index in [9.17, 15) is 9.59 Å². The highest BCUT2D eigenvalue weighted by atomic mass is 16.5. The molecule has 1 saturated heterocycles. The predicted molar refractivity (Wildman–Crippen MR) is 121 cm³/mol. The summed E-state index contributed by atoms with van der Waals surface area (Å²) in [6, 6.07) is 11.4. The van der Waals surface area contributed by atoms with Crippen LogP contribution < -0.4 is 10.9 Å². The fourth-order valence-electron chi connectivity index (χ4n) is 4.16. The quantitative estimate of drug-likeness (QED) is 0.687. The van der Waals surface area contributed by atoms with E-state index < -0.39 is 0 Å². The first-order chi connectivity index (χ1) is 14.9. The molecule has 31 heavy (non-hydrogen) atoms. The third kappa shape index (κ3) is 4.68. The first-order valence-corrected chi connectivity index (χ1v) is 10.6. The molecule has 0 saturated carbocycles. The van der Waals surface area contributed by atoms with Gasteiger partial charge in [0.25, 0.3) is 5.56 Å². The van der Waals surface area contributed by atoms with Crippen LogP contribution >= 0.6 is 0 Å². The van der Waals surface area contributed by atoms with Gasteiger partial charge in [0.15, 0.2) is 0 Å². The summed E-state index contributed by atoms with van der Waals surface area (Å²) in [5.74, 6) is 0.357. The molecule has 7 nitrogen and oxygen atoms in total. The standard InChI is InChI=1S/C24H28N4O3/c1-16-12-17(2)23(18(3)13-16)26-22(29)15-28-21(14-27-8-10-31-11-9-27)25-20-7-5-4-6-19(20)24(28)30/h4-7,12-13H,8-11,14-15H2,1-3H3,(H,26,29). The molecule has 1 fully saturated rings. The van der Waals surface area contributed by atoms with Gasteiger partial charge in [-0.05, 0) is 44.0 Å². The number of benzene rings is 2. The Morgan fingerprint density at radius 2 is 1.77 bits per heavy atom. The third-order valence-electron chi connectivity index (χ3n) is 5.65. The van der Waals surface area contributed by atoms with Crippen LogP contribution in [0.15, 0.2) is 41.2 Å². The van der Waals surface area contributed by atoms with Gasteiger partial charge in [-0.3, -0.25) is 19.1 Å². The van der Waals surface area contributed by atoms with E-state index in [0.29, 0.717) is 36.5 Å². The van der Waals surface area contributed by atoms with Crippen LogP contribution in [-0.4, -0.2) is 46.7 Å². The molecule has 1 amide bonds. The number of nitrogens with zero attached hydrogens (tertiary/aromatic N) is 3. The number of morpholine rings is 1. The van der Waals surface area contributed by atoms with Crippen molar-refractivity contribution in [2.24, 2.45) is 0 Å². The molecule has 0 aliphatic carbocycles. The third-order valence-corrected chi connectivity index (χ3v) is 5.65. The predicted octanol–water partition coefficient (Wildman–Crippen LogP) is 2.79. The Morgan fingerprint density at radius 3 is 2.48 bits per heavy atom. The van der Waals surface area contributed by atoms with E-state index in [-0.39, 0.29) is 18.0 Å². The van der Waals surface area contributed by atoms with Crippen molar-refractivity contribution in [3.63, 3.8) is 0 Å². The van der Waals surface area contributed by atoms with E-state index in [1.807, 2.05) is 51.1 Å². The number of ether oxygens (including phenoxy) is 1. The zero-order chi connectivity index (χ0) is 22.0. The van der Waals surface area contributed by atoms with E-state index in [2.05, 4.69) is 10.2 Å². The number of aryl methyl sites for hydroxylation is 3. The lowest BCUT2D eigenvalue weighted by atomic mass is 10.1. The van der Waals surface area contributed by atoms with Gasteiger partial charge in [-0.2, -0.15) is 0 Å². The van der Waals surface area contributed by atoms with Gasteiger partial charge in [0.05, 0.1) is 30.7 Å². The van der Waals surface area contributed by atoms with E-state index in [4.69, 9.17) is 9.72 Å². The van der Waals surface area contributed by atoms with Gasteiger partial charge in [-0.1, -0.05) is 29.8 Å². The maximum Gasteiger partial charge on any atom is 0.261 e. The average molecular weight is 421 g/mol. The summed E-state index contributed by atoms with van der Waals surface area (Å²) in [5, 5.41) is 3.52. The first-order valence-electron chi connectivity index (χ1n) is 10.6. The molecule has 1 aliphatic rings. The highest BCUT2D eigenvalue weighted by molar-refractivity contribution is 5.92.